The third-order valence-electron chi connectivity index (χ3n) is 3.64. The van der Waals surface area contributed by atoms with Crippen molar-refractivity contribution in [2.75, 3.05) is 32.0 Å². The zero-order valence-corrected chi connectivity index (χ0v) is 12.5. The molecule has 0 aliphatic carbocycles. The molecule has 0 spiro atoms. The second-order valence-corrected chi connectivity index (χ2v) is 5.34. The SMILES string of the molecule is CNCCC(=O)Nc1cccc(C(=O)N2CCCCC2)c1. The Hall–Kier alpha value is -1.88. The number of piperidine rings is 1. The first-order valence-corrected chi connectivity index (χ1v) is 7.54. The predicted octanol–water partition coefficient (Wildman–Crippen LogP) is 1.86. The van der Waals surface area contributed by atoms with Crippen LogP contribution in [0.2, 0.25) is 0 Å². The largest absolute Gasteiger partial charge is 0.339 e. The summed E-state index contributed by atoms with van der Waals surface area (Å²) in [6.07, 6.45) is 3.77. The van der Waals surface area contributed by atoms with Crippen LogP contribution in [-0.2, 0) is 4.79 Å². The minimum Gasteiger partial charge on any atom is -0.339 e. The summed E-state index contributed by atoms with van der Waals surface area (Å²) in [5.74, 6) is 0.00736. The number of carbonyl (C=O) groups is 2. The number of amides is 2. The van der Waals surface area contributed by atoms with E-state index in [1.54, 1.807) is 12.1 Å². The van der Waals surface area contributed by atoms with Crippen molar-refractivity contribution in [2.24, 2.45) is 0 Å². The average molecular weight is 289 g/mol. The lowest BCUT2D eigenvalue weighted by Gasteiger charge is -2.26. The van der Waals surface area contributed by atoms with E-state index in [-0.39, 0.29) is 11.8 Å². The smallest absolute Gasteiger partial charge is 0.253 e. The Morgan fingerprint density at radius 2 is 1.95 bits per heavy atom. The van der Waals surface area contributed by atoms with Gasteiger partial charge in [0.2, 0.25) is 5.91 Å². The molecule has 0 radical (unpaired) electrons. The van der Waals surface area contributed by atoms with E-state index in [0.717, 1.165) is 25.9 Å². The second kappa shape index (κ2) is 7.78. The molecule has 1 aromatic carbocycles. The van der Waals surface area contributed by atoms with Crippen molar-refractivity contribution in [3.63, 3.8) is 0 Å². The highest BCUT2D eigenvalue weighted by Crippen LogP contribution is 2.16. The van der Waals surface area contributed by atoms with Gasteiger partial charge in [0.25, 0.3) is 5.91 Å². The van der Waals surface area contributed by atoms with Gasteiger partial charge in [-0.05, 0) is 44.5 Å². The standard InChI is InChI=1S/C16H23N3O2/c1-17-9-8-15(20)18-14-7-5-6-13(12-14)16(21)19-10-3-2-4-11-19/h5-7,12,17H,2-4,8-11H2,1H3,(H,18,20). The Kier molecular flexibility index (Phi) is 5.75. The molecule has 0 atom stereocenters. The molecule has 2 N–H and O–H groups in total. The molecule has 0 bridgehead atoms. The van der Waals surface area contributed by atoms with Crippen molar-refractivity contribution < 1.29 is 9.59 Å². The van der Waals surface area contributed by atoms with E-state index in [9.17, 15) is 9.59 Å². The number of nitrogens with zero attached hydrogens (tertiary/aromatic N) is 1. The summed E-state index contributed by atoms with van der Waals surface area (Å²) in [5, 5.41) is 5.76. The number of benzene rings is 1. The third kappa shape index (κ3) is 4.56. The van der Waals surface area contributed by atoms with Crippen molar-refractivity contribution >= 4 is 17.5 Å². The molecule has 1 aromatic rings. The molecule has 0 unspecified atom stereocenters. The van der Waals surface area contributed by atoms with Crippen molar-refractivity contribution in [1.82, 2.24) is 10.2 Å². The van der Waals surface area contributed by atoms with E-state index >= 15 is 0 Å². The van der Waals surface area contributed by atoms with E-state index in [4.69, 9.17) is 0 Å². The van der Waals surface area contributed by atoms with Gasteiger partial charge in [0.15, 0.2) is 0 Å². The highest BCUT2D eigenvalue weighted by Gasteiger charge is 2.18. The lowest BCUT2D eigenvalue weighted by molar-refractivity contribution is -0.116. The Morgan fingerprint density at radius 1 is 1.19 bits per heavy atom. The van der Waals surface area contributed by atoms with Crippen molar-refractivity contribution in [3.05, 3.63) is 29.8 Å². The van der Waals surface area contributed by atoms with Crippen LogP contribution in [0.4, 0.5) is 5.69 Å². The summed E-state index contributed by atoms with van der Waals surface area (Å²) in [7, 11) is 1.81. The summed E-state index contributed by atoms with van der Waals surface area (Å²) in [4.78, 5) is 26.0. The molecule has 1 saturated heterocycles. The van der Waals surface area contributed by atoms with Gasteiger partial charge in [-0.2, -0.15) is 0 Å². The Morgan fingerprint density at radius 3 is 2.67 bits per heavy atom. The molecule has 114 valence electrons. The van der Waals surface area contributed by atoms with Crippen LogP contribution < -0.4 is 10.6 Å². The molecule has 0 aromatic heterocycles. The van der Waals surface area contributed by atoms with E-state index in [1.165, 1.54) is 6.42 Å². The lowest BCUT2D eigenvalue weighted by atomic mass is 10.1. The summed E-state index contributed by atoms with van der Waals surface area (Å²) < 4.78 is 0. The van der Waals surface area contributed by atoms with Gasteiger partial charge in [-0.15, -0.1) is 0 Å². The highest BCUT2D eigenvalue weighted by molar-refractivity contribution is 5.97. The van der Waals surface area contributed by atoms with E-state index in [2.05, 4.69) is 10.6 Å². The molecule has 21 heavy (non-hydrogen) atoms. The van der Waals surface area contributed by atoms with Crippen LogP contribution >= 0.6 is 0 Å². The van der Waals surface area contributed by atoms with Gasteiger partial charge in [0, 0.05) is 37.3 Å². The van der Waals surface area contributed by atoms with Crippen molar-refractivity contribution in [2.45, 2.75) is 25.7 Å². The van der Waals surface area contributed by atoms with Gasteiger partial charge >= 0.3 is 0 Å². The first-order chi connectivity index (χ1) is 10.2. The minimum absolute atomic E-state index is 0.0491. The van der Waals surface area contributed by atoms with Gasteiger partial charge in [0.05, 0.1) is 0 Å². The fourth-order valence-electron chi connectivity index (χ4n) is 2.47. The molecular formula is C16H23N3O2. The maximum Gasteiger partial charge on any atom is 0.253 e. The molecule has 0 saturated carbocycles. The molecule has 5 nitrogen and oxygen atoms in total. The van der Waals surface area contributed by atoms with Crippen LogP contribution in [0.3, 0.4) is 0 Å². The number of hydrogen-bond acceptors (Lipinski definition) is 3. The number of rotatable bonds is 5. The molecule has 1 fully saturated rings. The highest BCUT2D eigenvalue weighted by atomic mass is 16.2. The van der Waals surface area contributed by atoms with Crippen LogP contribution in [-0.4, -0.2) is 43.4 Å². The number of likely N-dealkylation sites (tertiary alicyclic amines) is 1. The van der Waals surface area contributed by atoms with Gasteiger partial charge in [-0.3, -0.25) is 9.59 Å². The molecule has 2 rings (SSSR count). The van der Waals surface area contributed by atoms with Gasteiger partial charge in [0.1, 0.15) is 0 Å². The van der Waals surface area contributed by atoms with Crippen LogP contribution in [0, 0.1) is 0 Å². The summed E-state index contributed by atoms with van der Waals surface area (Å²) in [6.45, 7) is 2.30. The summed E-state index contributed by atoms with van der Waals surface area (Å²) in [6, 6.07) is 7.18. The molecule has 1 aliphatic heterocycles. The van der Waals surface area contributed by atoms with Crippen LogP contribution in [0.15, 0.2) is 24.3 Å². The Bertz CT molecular complexity index is 496. The molecule has 2 amide bonds. The topological polar surface area (TPSA) is 61.4 Å². The predicted molar refractivity (Wildman–Crippen MR) is 83.4 cm³/mol. The number of hydrogen-bond donors (Lipinski definition) is 2. The Labute approximate surface area is 125 Å². The summed E-state index contributed by atoms with van der Waals surface area (Å²) in [5.41, 5.74) is 1.32. The molecular weight excluding hydrogens is 266 g/mol. The van der Waals surface area contributed by atoms with Gasteiger partial charge < -0.3 is 15.5 Å². The third-order valence-corrected chi connectivity index (χ3v) is 3.64. The van der Waals surface area contributed by atoms with E-state index in [0.29, 0.717) is 24.2 Å². The van der Waals surface area contributed by atoms with Crippen LogP contribution in [0.5, 0.6) is 0 Å². The van der Waals surface area contributed by atoms with Crippen molar-refractivity contribution in [3.8, 4) is 0 Å². The van der Waals surface area contributed by atoms with Gasteiger partial charge in [-0.25, -0.2) is 0 Å². The average Bonchev–Trinajstić information content (AvgIpc) is 2.53. The quantitative estimate of drug-likeness (QED) is 0.870. The van der Waals surface area contributed by atoms with Crippen molar-refractivity contribution in [1.29, 1.82) is 0 Å². The maximum absolute atomic E-state index is 12.4. The normalized spacial score (nSPS) is 14.8. The molecule has 5 heteroatoms. The zero-order chi connectivity index (χ0) is 15.1. The minimum atomic E-state index is -0.0491. The first-order valence-electron chi connectivity index (χ1n) is 7.54. The number of carbonyl (C=O) groups excluding carboxylic acids is 2. The first kappa shape index (κ1) is 15.5. The molecule has 1 aliphatic rings. The summed E-state index contributed by atoms with van der Waals surface area (Å²) >= 11 is 0. The maximum atomic E-state index is 12.4. The van der Waals surface area contributed by atoms with Crippen LogP contribution in [0.25, 0.3) is 0 Å². The number of nitrogens with one attached hydrogen (secondary N) is 2. The zero-order valence-electron chi connectivity index (χ0n) is 12.5. The Balaban J connectivity index is 1.99. The van der Waals surface area contributed by atoms with E-state index in [1.807, 2.05) is 24.1 Å². The van der Waals surface area contributed by atoms with Gasteiger partial charge in [-0.1, -0.05) is 6.07 Å². The van der Waals surface area contributed by atoms with E-state index < -0.39 is 0 Å². The monoisotopic (exact) mass is 289 g/mol. The lowest BCUT2D eigenvalue weighted by Crippen LogP contribution is -2.35. The second-order valence-electron chi connectivity index (χ2n) is 5.34. The fraction of sp³-hybridized carbons (Fsp3) is 0.500. The fourth-order valence-corrected chi connectivity index (χ4v) is 2.47. The number of anilines is 1. The molecule has 1 heterocycles. The van der Waals surface area contributed by atoms with Crippen LogP contribution in [0.1, 0.15) is 36.0 Å².